The minimum atomic E-state index is -0.217. The molecule has 166 valence electrons. The van der Waals surface area contributed by atoms with Gasteiger partial charge >= 0.3 is 0 Å². The van der Waals surface area contributed by atoms with E-state index in [1.54, 1.807) is 6.26 Å². The summed E-state index contributed by atoms with van der Waals surface area (Å²) in [5.41, 5.74) is -0.217. The Labute approximate surface area is 186 Å². The monoisotopic (exact) mass is 447 g/mol. The summed E-state index contributed by atoms with van der Waals surface area (Å²) in [6.07, 6.45) is 7.89. The molecular formula is C21H35Cl2N3O3. The van der Waals surface area contributed by atoms with Gasteiger partial charge in [-0.05, 0) is 56.7 Å². The van der Waals surface area contributed by atoms with E-state index in [2.05, 4.69) is 15.5 Å². The van der Waals surface area contributed by atoms with E-state index in [0.717, 1.165) is 90.2 Å². The predicted octanol–water partition coefficient (Wildman–Crippen LogP) is 2.65. The van der Waals surface area contributed by atoms with Crippen LogP contribution in [0, 0.1) is 11.3 Å². The molecule has 2 N–H and O–H groups in total. The zero-order valence-electron chi connectivity index (χ0n) is 17.1. The third-order valence-corrected chi connectivity index (χ3v) is 6.85. The molecule has 8 heteroatoms. The number of aryl methyl sites for hydroxylation is 1. The number of hydrogen-bond donors (Lipinski definition) is 2. The fourth-order valence-corrected chi connectivity index (χ4v) is 5.26. The number of carbonyl (C=O) groups excluding carboxylic acids is 1. The van der Waals surface area contributed by atoms with E-state index in [0.29, 0.717) is 12.0 Å². The zero-order valence-corrected chi connectivity index (χ0v) is 18.7. The van der Waals surface area contributed by atoms with Gasteiger partial charge in [0.1, 0.15) is 5.76 Å². The van der Waals surface area contributed by atoms with Crippen molar-refractivity contribution in [2.45, 2.75) is 44.6 Å². The molecule has 2 aliphatic heterocycles. The van der Waals surface area contributed by atoms with Crippen LogP contribution in [0.25, 0.3) is 0 Å². The molecule has 1 amide bonds. The normalized spacial score (nSPS) is 29.8. The second-order valence-corrected chi connectivity index (χ2v) is 8.33. The molecule has 1 aromatic heterocycles. The van der Waals surface area contributed by atoms with E-state index >= 15 is 0 Å². The van der Waals surface area contributed by atoms with Crippen LogP contribution in [0.5, 0.6) is 0 Å². The highest BCUT2D eigenvalue weighted by Gasteiger charge is 2.50. The van der Waals surface area contributed by atoms with Gasteiger partial charge in [-0.25, -0.2) is 0 Å². The van der Waals surface area contributed by atoms with Crippen LogP contribution in [0.1, 0.15) is 37.9 Å². The molecule has 3 fully saturated rings. The number of halogens is 2. The number of nitrogens with zero attached hydrogens (tertiary/aromatic N) is 1. The van der Waals surface area contributed by atoms with Crippen LogP contribution in [0.4, 0.5) is 0 Å². The summed E-state index contributed by atoms with van der Waals surface area (Å²) < 4.78 is 10.9. The number of ether oxygens (including phenoxy) is 1. The van der Waals surface area contributed by atoms with Gasteiger partial charge < -0.3 is 19.8 Å². The van der Waals surface area contributed by atoms with Crippen molar-refractivity contribution in [3.8, 4) is 0 Å². The predicted molar refractivity (Wildman–Crippen MR) is 118 cm³/mol. The van der Waals surface area contributed by atoms with Gasteiger partial charge in [0.05, 0.1) is 24.9 Å². The third kappa shape index (κ3) is 5.67. The first-order valence-corrected chi connectivity index (χ1v) is 10.6. The Bertz CT molecular complexity index is 610. The number of furan rings is 1. The molecule has 2 saturated heterocycles. The Morgan fingerprint density at radius 2 is 2.10 bits per heavy atom. The van der Waals surface area contributed by atoms with E-state index in [1.807, 2.05) is 12.1 Å². The van der Waals surface area contributed by atoms with Crippen LogP contribution in [0.15, 0.2) is 22.8 Å². The first-order chi connectivity index (χ1) is 13.3. The molecule has 1 aliphatic carbocycles. The van der Waals surface area contributed by atoms with Crippen molar-refractivity contribution in [3.63, 3.8) is 0 Å². The average molecular weight is 448 g/mol. The van der Waals surface area contributed by atoms with Crippen LogP contribution in [-0.4, -0.2) is 62.8 Å². The fraction of sp³-hybridized carbons (Fsp3) is 0.762. The molecule has 4 rings (SSSR count). The highest BCUT2D eigenvalue weighted by molar-refractivity contribution is 5.85. The smallest absolute Gasteiger partial charge is 0.227 e. The minimum Gasteiger partial charge on any atom is -0.469 e. The standard InChI is InChI=1S/C21H33N3O3.2ClH/c25-20(23-8-1-3-19-4-2-12-27-19)21-7-5-18(24-10-13-26-14-11-24)15-17(21)6-9-22-16-21;;/h2,4,12,17-18,22H,1,3,5-11,13-16H2,(H,23,25);2*1H/t17-,18-,21-;;/m1../s1. The molecule has 0 unspecified atom stereocenters. The van der Waals surface area contributed by atoms with Crippen molar-refractivity contribution < 1.29 is 13.9 Å². The summed E-state index contributed by atoms with van der Waals surface area (Å²) in [5, 5.41) is 6.75. The SMILES string of the molecule is Cl.Cl.O=C(NCCCc1ccco1)[C@@]12CC[C@@H](N3CCOCC3)C[C@H]1CCNC2. The summed E-state index contributed by atoms with van der Waals surface area (Å²) in [7, 11) is 0. The van der Waals surface area contributed by atoms with Gasteiger partial charge in [0, 0.05) is 38.6 Å². The van der Waals surface area contributed by atoms with Gasteiger partial charge in [-0.1, -0.05) is 0 Å². The number of carbonyl (C=O) groups is 1. The van der Waals surface area contributed by atoms with Gasteiger partial charge in [0.25, 0.3) is 0 Å². The second kappa shape index (κ2) is 11.6. The number of morpholine rings is 1. The third-order valence-electron chi connectivity index (χ3n) is 6.85. The van der Waals surface area contributed by atoms with Gasteiger partial charge in [-0.3, -0.25) is 9.69 Å². The van der Waals surface area contributed by atoms with Gasteiger partial charge in [-0.2, -0.15) is 0 Å². The van der Waals surface area contributed by atoms with Crippen molar-refractivity contribution >= 4 is 30.7 Å². The Balaban J connectivity index is 0.00000150. The highest BCUT2D eigenvalue weighted by atomic mass is 35.5. The van der Waals surface area contributed by atoms with Gasteiger partial charge in [0.15, 0.2) is 0 Å². The lowest BCUT2D eigenvalue weighted by Crippen LogP contribution is -2.60. The molecule has 1 saturated carbocycles. The molecular weight excluding hydrogens is 413 g/mol. The van der Waals surface area contributed by atoms with Crippen LogP contribution >= 0.6 is 24.8 Å². The number of rotatable bonds is 6. The maximum atomic E-state index is 13.2. The largest absolute Gasteiger partial charge is 0.469 e. The molecule has 3 aliphatic rings. The molecule has 1 aromatic rings. The molecule has 0 spiro atoms. The number of hydrogen-bond acceptors (Lipinski definition) is 5. The van der Waals surface area contributed by atoms with Gasteiger partial charge in [-0.15, -0.1) is 24.8 Å². The number of nitrogens with one attached hydrogen (secondary N) is 2. The van der Waals surface area contributed by atoms with E-state index in [4.69, 9.17) is 9.15 Å². The summed E-state index contributed by atoms with van der Waals surface area (Å²) in [6.45, 7) is 6.38. The van der Waals surface area contributed by atoms with Crippen molar-refractivity contribution in [1.29, 1.82) is 0 Å². The Kier molecular flexibility index (Phi) is 9.76. The number of amides is 1. The molecule has 0 bridgehead atoms. The lowest BCUT2D eigenvalue weighted by Gasteiger charge is -2.50. The van der Waals surface area contributed by atoms with E-state index in [-0.39, 0.29) is 36.1 Å². The molecule has 0 radical (unpaired) electrons. The van der Waals surface area contributed by atoms with Crippen molar-refractivity contribution in [3.05, 3.63) is 24.2 Å². The summed E-state index contributed by atoms with van der Waals surface area (Å²) in [5.74, 6) is 1.75. The minimum absolute atomic E-state index is 0. The first-order valence-electron chi connectivity index (χ1n) is 10.6. The van der Waals surface area contributed by atoms with Crippen LogP contribution < -0.4 is 10.6 Å². The van der Waals surface area contributed by atoms with Gasteiger partial charge in [0.2, 0.25) is 5.91 Å². The maximum absolute atomic E-state index is 13.2. The van der Waals surface area contributed by atoms with E-state index in [1.165, 1.54) is 0 Å². The van der Waals surface area contributed by atoms with Crippen molar-refractivity contribution in [1.82, 2.24) is 15.5 Å². The lowest BCUT2D eigenvalue weighted by molar-refractivity contribution is -0.140. The molecule has 6 nitrogen and oxygen atoms in total. The lowest BCUT2D eigenvalue weighted by atomic mass is 9.61. The van der Waals surface area contributed by atoms with E-state index < -0.39 is 0 Å². The topological polar surface area (TPSA) is 66.7 Å². The highest BCUT2D eigenvalue weighted by Crippen LogP contribution is 2.46. The fourth-order valence-electron chi connectivity index (χ4n) is 5.26. The summed E-state index contributed by atoms with van der Waals surface area (Å²) >= 11 is 0. The number of piperidine rings is 1. The average Bonchev–Trinajstić information content (AvgIpc) is 3.25. The molecule has 3 atom stereocenters. The number of fused-ring (bicyclic) bond motifs is 1. The maximum Gasteiger partial charge on any atom is 0.227 e. The molecule has 0 aromatic carbocycles. The second-order valence-electron chi connectivity index (χ2n) is 8.33. The summed E-state index contributed by atoms with van der Waals surface area (Å²) in [6, 6.07) is 4.53. The van der Waals surface area contributed by atoms with E-state index in [9.17, 15) is 4.79 Å². The molecule has 3 heterocycles. The Morgan fingerprint density at radius 3 is 2.86 bits per heavy atom. The zero-order chi connectivity index (χ0) is 18.5. The quantitative estimate of drug-likeness (QED) is 0.656. The Hall–Kier alpha value is -0.790. The van der Waals surface area contributed by atoms with Crippen LogP contribution in [-0.2, 0) is 16.0 Å². The van der Waals surface area contributed by atoms with Crippen molar-refractivity contribution in [2.24, 2.45) is 11.3 Å². The van der Waals surface area contributed by atoms with Crippen LogP contribution in [0.3, 0.4) is 0 Å². The Morgan fingerprint density at radius 1 is 1.28 bits per heavy atom. The first kappa shape index (κ1) is 24.5. The molecule has 29 heavy (non-hydrogen) atoms. The summed E-state index contributed by atoms with van der Waals surface area (Å²) in [4.78, 5) is 15.8. The van der Waals surface area contributed by atoms with Crippen molar-refractivity contribution in [2.75, 3.05) is 45.9 Å². The van der Waals surface area contributed by atoms with Crippen LogP contribution in [0.2, 0.25) is 0 Å².